The number of hydrogen-bond acceptors (Lipinski definition) is 6. The fourth-order valence-electron chi connectivity index (χ4n) is 3.46. The number of sulfonamides is 1. The highest BCUT2D eigenvalue weighted by atomic mass is 32.2. The smallest absolute Gasteiger partial charge is 0.322 e. The molecular formula is C25H28N2O6S. The second-order valence-corrected chi connectivity index (χ2v) is 9.59. The number of benzene rings is 3. The third-order valence-corrected chi connectivity index (χ3v) is 6.85. The number of carbonyl (C=O) groups is 1. The molecule has 8 nitrogen and oxygen atoms in total. The Hall–Kier alpha value is -3.56. The summed E-state index contributed by atoms with van der Waals surface area (Å²) in [4.78, 5) is 13.8. The Morgan fingerprint density at radius 2 is 1.47 bits per heavy atom. The molecule has 0 amide bonds. The number of ether oxygens (including phenoxy) is 2. The topological polar surface area (TPSA) is 105 Å². The lowest BCUT2D eigenvalue weighted by Crippen LogP contribution is -2.42. The van der Waals surface area contributed by atoms with Crippen molar-refractivity contribution in [1.82, 2.24) is 4.72 Å². The van der Waals surface area contributed by atoms with Gasteiger partial charge in [-0.3, -0.25) is 4.79 Å². The van der Waals surface area contributed by atoms with Gasteiger partial charge >= 0.3 is 5.97 Å². The van der Waals surface area contributed by atoms with Gasteiger partial charge in [0.15, 0.2) is 11.5 Å². The first-order chi connectivity index (χ1) is 16.1. The zero-order valence-electron chi connectivity index (χ0n) is 19.5. The van der Waals surface area contributed by atoms with E-state index in [0.29, 0.717) is 17.1 Å². The standard InChI is InChI=1S/C25H28N2O6S/c1-27(2)20-10-6-18(7-11-20)19-8-12-21(13-9-19)34(30,31)26-22(25(28)29)15-17-5-14-23(32-3)24(16-17)33-4/h5-14,16,22,26H,15H2,1-4H3,(H,28,29). The summed E-state index contributed by atoms with van der Waals surface area (Å²) in [5, 5.41) is 9.64. The molecule has 0 spiro atoms. The van der Waals surface area contributed by atoms with Gasteiger partial charge < -0.3 is 19.5 Å². The van der Waals surface area contributed by atoms with E-state index in [0.717, 1.165) is 16.8 Å². The van der Waals surface area contributed by atoms with Crippen molar-refractivity contribution in [2.24, 2.45) is 0 Å². The maximum atomic E-state index is 12.9. The van der Waals surface area contributed by atoms with Gasteiger partial charge in [0.25, 0.3) is 0 Å². The van der Waals surface area contributed by atoms with Gasteiger partial charge in [-0.2, -0.15) is 4.72 Å². The number of nitrogens with one attached hydrogen (secondary N) is 1. The molecule has 2 N–H and O–H groups in total. The lowest BCUT2D eigenvalue weighted by Gasteiger charge is -2.16. The van der Waals surface area contributed by atoms with Crippen LogP contribution in [0.5, 0.6) is 11.5 Å². The quantitative estimate of drug-likeness (QED) is 0.454. The summed E-state index contributed by atoms with van der Waals surface area (Å²) >= 11 is 0. The van der Waals surface area contributed by atoms with Crippen molar-refractivity contribution in [3.8, 4) is 22.6 Å². The fraction of sp³-hybridized carbons (Fsp3) is 0.240. The van der Waals surface area contributed by atoms with Gasteiger partial charge in [0.2, 0.25) is 10.0 Å². The molecule has 3 rings (SSSR count). The van der Waals surface area contributed by atoms with Crippen LogP contribution in [0, 0.1) is 0 Å². The van der Waals surface area contributed by atoms with Crippen LogP contribution in [0.4, 0.5) is 5.69 Å². The van der Waals surface area contributed by atoms with Crippen molar-refractivity contribution in [2.45, 2.75) is 17.4 Å². The normalized spacial score (nSPS) is 12.1. The van der Waals surface area contributed by atoms with Crippen LogP contribution in [0.3, 0.4) is 0 Å². The molecule has 0 fully saturated rings. The van der Waals surface area contributed by atoms with E-state index < -0.39 is 22.0 Å². The van der Waals surface area contributed by atoms with Gasteiger partial charge in [0.05, 0.1) is 19.1 Å². The number of aliphatic carboxylic acids is 1. The van der Waals surface area contributed by atoms with Crippen LogP contribution >= 0.6 is 0 Å². The minimum atomic E-state index is -4.06. The molecule has 0 saturated carbocycles. The maximum Gasteiger partial charge on any atom is 0.322 e. The first-order valence-corrected chi connectivity index (χ1v) is 12.0. The van der Waals surface area contributed by atoms with Crippen LogP contribution in [-0.2, 0) is 21.2 Å². The lowest BCUT2D eigenvalue weighted by molar-refractivity contribution is -0.138. The molecule has 0 aliphatic rings. The summed E-state index contributed by atoms with van der Waals surface area (Å²) in [6, 6.07) is 17.8. The zero-order valence-corrected chi connectivity index (χ0v) is 20.3. The number of nitrogens with zero attached hydrogens (tertiary/aromatic N) is 1. The number of carboxylic acids is 1. The van der Waals surface area contributed by atoms with Crippen LogP contribution in [0.1, 0.15) is 5.56 Å². The summed E-state index contributed by atoms with van der Waals surface area (Å²) in [6.45, 7) is 0. The Balaban J connectivity index is 1.78. The van der Waals surface area contributed by atoms with Crippen molar-refractivity contribution < 1.29 is 27.8 Å². The Morgan fingerprint density at radius 1 is 0.912 bits per heavy atom. The Kier molecular flexibility index (Phi) is 7.80. The van der Waals surface area contributed by atoms with E-state index in [2.05, 4.69) is 4.72 Å². The zero-order chi connectivity index (χ0) is 24.9. The van der Waals surface area contributed by atoms with Gasteiger partial charge in [0, 0.05) is 19.8 Å². The number of rotatable bonds is 10. The predicted octanol–water partition coefficient (Wildman–Crippen LogP) is 3.41. The van der Waals surface area contributed by atoms with Gasteiger partial charge in [0.1, 0.15) is 6.04 Å². The van der Waals surface area contributed by atoms with Crippen LogP contribution < -0.4 is 19.1 Å². The highest BCUT2D eigenvalue weighted by Crippen LogP contribution is 2.28. The van der Waals surface area contributed by atoms with Crippen LogP contribution in [-0.4, -0.2) is 53.9 Å². The molecule has 0 aliphatic carbocycles. The summed E-state index contributed by atoms with van der Waals surface area (Å²) in [5.74, 6) is -0.354. The average Bonchev–Trinajstić information content (AvgIpc) is 2.83. The van der Waals surface area contributed by atoms with Crippen LogP contribution in [0.15, 0.2) is 71.6 Å². The van der Waals surface area contributed by atoms with Crippen molar-refractivity contribution in [1.29, 1.82) is 0 Å². The van der Waals surface area contributed by atoms with E-state index in [1.807, 2.05) is 43.3 Å². The molecule has 0 aromatic heterocycles. The second-order valence-electron chi connectivity index (χ2n) is 7.87. The molecule has 0 bridgehead atoms. The molecule has 1 atom stereocenters. The molecule has 3 aromatic carbocycles. The largest absolute Gasteiger partial charge is 0.493 e. The highest BCUT2D eigenvalue weighted by molar-refractivity contribution is 7.89. The monoisotopic (exact) mass is 484 g/mol. The van der Waals surface area contributed by atoms with Crippen LogP contribution in [0.25, 0.3) is 11.1 Å². The SMILES string of the molecule is COc1ccc(CC(NS(=O)(=O)c2ccc(-c3ccc(N(C)C)cc3)cc2)C(=O)O)cc1OC. The number of carboxylic acid groups (broad SMARTS) is 1. The Bertz CT molecular complexity index is 1240. The lowest BCUT2D eigenvalue weighted by atomic mass is 10.1. The van der Waals surface area contributed by atoms with E-state index in [1.54, 1.807) is 30.3 Å². The van der Waals surface area contributed by atoms with Crippen molar-refractivity contribution in [2.75, 3.05) is 33.2 Å². The van der Waals surface area contributed by atoms with E-state index in [4.69, 9.17) is 9.47 Å². The maximum absolute atomic E-state index is 12.9. The predicted molar refractivity (Wildman–Crippen MR) is 131 cm³/mol. The van der Waals surface area contributed by atoms with Crippen molar-refractivity contribution >= 4 is 21.7 Å². The molecule has 0 heterocycles. The molecule has 3 aromatic rings. The summed E-state index contributed by atoms with van der Waals surface area (Å²) < 4.78 is 38.5. The molecular weight excluding hydrogens is 456 g/mol. The fourth-order valence-corrected chi connectivity index (χ4v) is 4.65. The minimum Gasteiger partial charge on any atom is -0.493 e. The van der Waals surface area contributed by atoms with Gasteiger partial charge in [-0.1, -0.05) is 30.3 Å². The van der Waals surface area contributed by atoms with E-state index in [9.17, 15) is 18.3 Å². The summed E-state index contributed by atoms with van der Waals surface area (Å²) in [6.07, 6.45) is -0.0643. The first-order valence-electron chi connectivity index (χ1n) is 10.5. The molecule has 0 saturated heterocycles. The van der Waals surface area contributed by atoms with Gasteiger partial charge in [-0.25, -0.2) is 8.42 Å². The average molecular weight is 485 g/mol. The number of anilines is 1. The van der Waals surface area contributed by atoms with Crippen molar-refractivity contribution in [3.05, 3.63) is 72.3 Å². The number of methoxy groups -OCH3 is 2. The van der Waals surface area contributed by atoms with E-state index >= 15 is 0 Å². The number of hydrogen-bond donors (Lipinski definition) is 2. The molecule has 34 heavy (non-hydrogen) atoms. The van der Waals surface area contributed by atoms with Crippen molar-refractivity contribution in [3.63, 3.8) is 0 Å². The Labute approximate surface area is 199 Å². The van der Waals surface area contributed by atoms with E-state index in [-0.39, 0.29) is 11.3 Å². The highest BCUT2D eigenvalue weighted by Gasteiger charge is 2.26. The Morgan fingerprint density at radius 3 is 1.97 bits per heavy atom. The first kappa shape index (κ1) is 25.1. The second kappa shape index (κ2) is 10.6. The summed E-state index contributed by atoms with van der Waals surface area (Å²) in [5.41, 5.74) is 3.44. The third-order valence-electron chi connectivity index (χ3n) is 5.36. The molecule has 9 heteroatoms. The van der Waals surface area contributed by atoms with Gasteiger partial charge in [-0.05, 0) is 59.5 Å². The summed E-state index contributed by atoms with van der Waals surface area (Å²) in [7, 11) is 2.81. The van der Waals surface area contributed by atoms with Gasteiger partial charge in [-0.15, -0.1) is 0 Å². The molecule has 0 radical (unpaired) electrons. The minimum absolute atomic E-state index is 0.0141. The van der Waals surface area contributed by atoms with Crippen LogP contribution in [0.2, 0.25) is 0 Å². The molecule has 180 valence electrons. The third kappa shape index (κ3) is 5.86. The molecule has 1 unspecified atom stereocenters. The molecule has 0 aliphatic heterocycles. The van der Waals surface area contributed by atoms with E-state index in [1.165, 1.54) is 26.4 Å².